The summed E-state index contributed by atoms with van der Waals surface area (Å²) in [6, 6.07) is 3.69. The van der Waals surface area contributed by atoms with Gasteiger partial charge in [-0.25, -0.2) is 0 Å². The Morgan fingerprint density at radius 3 is 1.95 bits per heavy atom. The average Bonchev–Trinajstić information content (AvgIpc) is 2.26. The van der Waals surface area contributed by atoms with Crippen LogP contribution in [0.1, 0.15) is 18.9 Å². The van der Waals surface area contributed by atoms with Gasteiger partial charge in [0.15, 0.2) is 0 Å². The fraction of sp³-hybridized carbons (Fsp3) is 0.455. The molecule has 9 heteroatoms. The minimum atomic E-state index is -5.78. The zero-order valence-corrected chi connectivity index (χ0v) is 10.1. The molecule has 1 aromatic rings. The number of benzene rings is 1. The molecule has 0 aliphatic heterocycles. The quantitative estimate of drug-likeness (QED) is 0.526. The second kappa shape index (κ2) is 4.97. The van der Waals surface area contributed by atoms with Gasteiger partial charge in [-0.05, 0) is 24.6 Å². The molecule has 0 aliphatic rings. The fourth-order valence-electron chi connectivity index (χ4n) is 1.58. The van der Waals surface area contributed by atoms with Crippen LogP contribution >= 0.6 is 0 Å². The van der Waals surface area contributed by atoms with Crippen molar-refractivity contribution < 1.29 is 32.0 Å². The maximum atomic E-state index is 12.9. The highest BCUT2D eigenvalue weighted by Crippen LogP contribution is 2.43. The molecule has 0 saturated heterocycles. The van der Waals surface area contributed by atoms with E-state index in [0.29, 0.717) is 0 Å². The lowest BCUT2D eigenvalue weighted by Gasteiger charge is -2.29. The van der Waals surface area contributed by atoms with Gasteiger partial charge in [-0.1, -0.05) is 0 Å². The average molecular weight is 299 g/mol. The van der Waals surface area contributed by atoms with Crippen LogP contribution < -0.4 is 0 Å². The molecule has 1 N–H and O–H groups in total. The topological polar surface area (TPSA) is 63.4 Å². The van der Waals surface area contributed by atoms with Crippen LogP contribution in [0.5, 0.6) is 0 Å². The van der Waals surface area contributed by atoms with Crippen molar-refractivity contribution in [3.05, 3.63) is 39.9 Å². The lowest BCUT2D eigenvalue weighted by molar-refractivity contribution is -0.384. The van der Waals surface area contributed by atoms with Crippen molar-refractivity contribution in [3.8, 4) is 0 Å². The van der Waals surface area contributed by atoms with Crippen LogP contribution in [0.15, 0.2) is 24.3 Å². The summed E-state index contributed by atoms with van der Waals surface area (Å²) < 4.78 is 62.1. The molecule has 1 unspecified atom stereocenters. The van der Waals surface area contributed by atoms with Gasteiger partial charge in [-0.15, -0.1) is 0 Å². The predicted molar refractivity (Wildman–Crippen MR) is 58.3 cm³/mol. The van der Waals surface area contributed by atoms with Crippen LogP contribution in [0.2, 0.25) is 0 Å². The standard InChI is InChI=1S/C11H10F5NO3/c1-9(18,6-10(12,13)11(14,15)16)7-2-4-8(5-3-7)17(19)20/h2-5,18H,6H2,1H3. The van der Waals surface area contributed by atoms with E-state index < -0.39 is 29.0 Å². The second-order valence-electron chi connectivity index (χ2n) is 4.46. The van der Waals surface area contributed by atoms with E-state index in [1.807, 2.05) is 0 Å². The Morgan fingerprint density at radius 2 is 1.60 bits per heavy atom. The molecule has 0 spiro atoms. The van der Waals surface area contributed by atoms with Crippen LogP contribution in [0, 0.1) is 10.1 Å². The van der Waals surface area contributed by atoms with Crippen molar-refractivity contribution >= 4 is 5.69 Å². The molecule has 1 rings (SSSR count). The molecule has 0 aliphatic carbocycles. The molecule has 0 radical (unpaired) electrons. The third-order valence-corrected chi connectivity index (χ3v) is 2.68. The summed E-state index contributed by atoms with van der Waals surface area (Å²) in [5.41, 5.74) is -3.12. The molecular weight excluding hydrogens is 289 g/mol. The Morgan fingerprint density at radius 1 is 1.15 bits per heavy atom. The molecule has 0 saturated carbocycles. The molecule has 20 heavy (non-hydrogen) atoms. The highest BCUT2D eigenvalue weighted by atomic mass is 19.4. The van der Waals surface area contributed by atoms with Gasteiger partial charge in [0.2, 0.25) is 0 Å². The summed E-state index contributed by atoms with van der Waals surface area (Å²) in [6.45, 7) is 0.786. The first-order valence-corrected chi connectivity index (χ1v) is 5.29. The van der Waals surface area contributed by atoms with Gasteiger partial charge in [0, 0.05) is 12.1 Å². The Balaban J connectivity index is 3.02. The van der Waals surface area contributed by atoms with E-state index in [2.05, 4.69) is 0 Å². The maximum absolute atomic E-state index is 12.9. The van der Waals surface area contributed by atoms with Gasteiger partial charge in [0.1, 0.15) is 0 Å². The van der Waals surface area contributed by atoms with Crippen molar-refractivity contribution in [1.29, 1.82) is 0 Å². The Bertz CT molecular complexity index is 496. The van der Waals surface area contributed by atoms with Crippen molar-refractivity contribution in [1.82, 2.24) is 0 Å². The Kier molecular flexibility index (Phi) is 4.04. The zero-order valence-electron chi connectivity index (χ0n) is 10.1. The molecule has 1 atom stereocenters. The Labute approximate surface area is 110 Å². The number of aliphatic hydroxyl groups is 1. The summed E-state index contributed by atoms with van der Waals surface area (Å²) in [4.78, 5) is 9.64. The molecule has 0 bridgehead atoms. The molecule has 0 aromatic heterocycles. The number of halogens is 5. The smallest absolute Gasteiger partial charge is 0.385 e. The van der Waals surface area contributed by atoms with E-state index in [4.69, 9.17) is 0 Å². The van der Waals surface area contributed by atoms with E-state index in [0.717, 1.165) is 31.2 Å². The predicted octanol–water partition coefficient (Wildman–Crippen LogP) is 3.39. The van der Waals surface area contributed by atoms with E-state index in [-0.39, 0.29) is 11.3 Å². The molecule has 0 fully saturated rings. The summed E-state index contributed by atoms with van der Waals surface area (Å²) in [5, 5.41) is 20.2. The van der Waals surface area contributed by atoms with Crippen LogP contribution in [0.4, 0.5) is 27.6 Å². The largest absolute Gasteiger partial charge is 0.453 e. The number of alkyl halides is 5. The molecule has 0 heterocycles. The number of non-ortho nitro benzene ring substituents is 1. The third-order valence-electron chi connectivity index (χ3n) is 2.68. The van der Waals surface area contributed by atoms with E-state index >= 15 is 0 Å². The van der Waals surface area contributed by atoms with Gasteiger partial charge in [0.05, 0.1) is 16.9 Å². The van der Waals surface area contributed by atoms with Crippen molar-refractivity contribution in [2.24, 2.45) is 0 Å². The zero-order chi connectivity index (χ0) is 15.8. The SMILES string of the molecule is CC(O)(CC(F)(F)C(F)(F)F)c1ccc([N+](=O)[O-])cc1. The number of nitro groups is 1. The van der Waals surface area contributed by atoms with E-state index in [1.54, 1.807) is 0 Å². The molecule has 0 amide bonds. The first-order valence-electron chi connectivity index (χ1n) is 5.29. The first kappa shape index (κ1) is 16.3. The second-order valence-corrected chi connectivity index (χ2v) is 4.46. The highest BCUT2D eigenvalue weighted by molar-refractivity contribution is 5.35. The van der Waals surface area contributed by atoms with E-state index in [1.165, 1.54) is 0 Å². The van der Waals surface area contributed by atoms with Crippen molar-refractivity contribution in [2.45, 2.75) is 31.0 Å². The van der Waals surface area contributed by atoms with Gasteiger partial charge >= 0.3 is 12.1 Å². The number of nitro benzene ring substituents is 1. The lowest BCUT2D eigenvalue weighted by atomic mass is 9.89. The molecule has 112 valence electrons. The van der Waals surface area contributed by atoms with Gasteiger partial charge in [0.25, 0.3) is 5.69 Å². The minimum Gasteiger partial charge on any atom is -0.385 e. The highest BCUT2D eigenvalue weighted by Gasteiger charge is 2.59. The van der Waals surface area contributed by atoms with Gasteiger partial charge in [-0.2, -0.15) is 22.0 Å². The first-order chi connectivity index (χ1) is 8.87. The number of hydrogen-bond acceptors (Lipinski definition) is 3. The Hall–Kier alpha value is -1.77. The number of hydrogen-bond donors (Lipinski definition) is 1. The summed E-state index contributed by atoms with van der Waals surface area (Å²) in [5.74, 6) is -5.07. The van der Waals surface area contributed by atoms with Crippen molar-refractivity contribution in [2.75, 3.05) is 0 Å². The van der Waals surface area contributed by atoms with Gasteiger partial charge in [-0.3, -0.25) is 10.1 Å². The summed E-state index contributed by atoms with van der Waals surface area (Å²) >= 11 is 0. The number of rotatable bonds is 4. The summed E-state index contributed by atoms with van der Waals surface area (Å²) in [6.07, 6.45) is -7.65. The van der Waals surface area contributed by atoms with Crippen LogP contribution in [0.25, 0.3) is 0 Å². The number of nitrogens with zero attached hydrogens (tertiary/aromatic N) is 1. The normalized spacial score (nSPS) is 15.8. The molecule has 4 nitrogen and oxygen atoms in total. The molecular formula is C11H10F5NO3. The van der Waals surface area contributed by atoms with Gasteiger partial charge < -0.3 is 5.11 Å². The summed E-state index contributed by atoms with van der Waals surface area (Å²) in [7, 11) is 0. The minimum absolute atomic E-state index is 0.271. The van der Waals surface area contributed by atoms with Crippen LogP contribution in [-0.4, -0.2) is 22.1 Å². The maximum Gasteiger partial charge on any atom is 0.453 e. The van der Waals surface area contributed by atoms with Crippen LogP contribution in [0.3, 0.4) is 0 Å². The lowest BCUT2D eigenvalue weighted by Crippen LogP contribution is -2.42. The third kappa shape index (κ3) is 3.41. The van der Waals surface area contributed by atoms with Crippen molar-refractivity contribution in [3.63, 3.8) is 0 Å². The fourth-order valence-corrected chi connectivity index (χ4v) is 1.58. The van der Waals surface area contributed by atoms with E-state index in [9.17, 15) is 37.2 Å². The molecule has 1 aromatic carbocycles. The monoisotopic (exact) mass is 299 g/mol. The van der Waals surface area contributed by atoms with Crippen LogP contribution in [-0.2, 0) is 5.60 Å².